The molecule has 0 atom stereocenters. The number of likely N-dealkylation sites (N-methyl/N-ethyl adjacent to an activating group) is 1. The molecule has 0 aliphatic carbocycles. The lowest BCUT2D eigenvalue weighted by Gasteiger charge is -2.23. The van der Waals surface area contributed by atoms with E-state index in [0.29, 0.717) is 5.02 Å². The normalized spacial score (nSPS) is 10.8. The van der Waals surface area contributed by atoms with Gasteiger partial charge in [0.25, 0.3) is 5.91 Å². The number of nitrogens with one attached hydrogen (secondary N) is 1. The summed E-state index contributed by atoms with van der Waals surface area (Å²) in [7, 11) is 1.47. The number of carbonyl (C=O) groups is 3. The zero-order valence-corrected chi connectivity index (χ0v) is 14.4. The quantitative estimate of drug-likeness (QED) is 0.830. The van der Waals surface area contributed by atoms with E-state index < -0.39 is 18.5 Å². The minimum atomic E-state index is -0.645. The van der Waals surface area contributed by atoms with E-state index in [0.717, 1.165) is 0 Å². The Hall–Kier alpha value is -2.08. The highest BCUT2D eigenvalue weighted by molar-refractivity contribution is 6.30. The van der Waals surface area contributed by atoms with Crippen LogP contribution in [-0.4, -0.2) is 48.4 Å². The van der Waals surface area contributed by atoms with Gasteiger partial charge in [-0.3, -0.25) is 9.59 Å². The number of ether oxygens (including phenoxy) is 1. The molecule has 1 aromatic rings. The summed E-state index contributed by atoms with van der Waals surface area (Å²) in [5.41, 5.74) is -0.113. The molecule has 0 aliphatic rings. The summed E-state index contributed by atoms with van der Waals surface area (Å²) in [5, 5.41) is 3.15. The fourth-order valence-corrected chi connectivity index (χ4v) is 1.89. The van der Waals surface area contributed by atoms with Crippen LogP contribution in [0.15, 0.2) is 24.3 Å². The minimum Gasteiger partial charge on any atom is -0.452 e. The Morgan fingerprint density at radius 2 is 1.91 bits per heavy atom. The topological polar surface area (TPSA) is 75.7 Å². The summed E-state index contributed by atoms with van der Waals surface area (Å²) in [6.45, 7) is 4.99. The Kier molecular flexibility index (Phi) is 6.57. The van der Waals surface area contributed by atoms with Crippen molar-refractivity contribution in [2.75, 3.05) is 20.2 Å². The van der Waals surface area contributed by atoms with Crippen LogP contribution in [-0.2, 0) is 14.3 Å². The van der Waals surface area contributed by atoms with Crippen LogP contribution in [0.5, 0.6) is 0 Å². The molecule has 2 amide bonds. The van der Waals surface area contributed by atoms with E-state index in [-0.39, 0.29) is 23.6 Å². The predicted octanol–water partition coefficient (Wildman–Crippen LogP) is 1.87. The Bertz CT molecular complexity index is 596. The van der Waals surface area contributed by atoms with E-state index in [2.05, 4.69) is 5.32 Å². The van der Waals surface area contributed by atoms with Crippen LogP contribution in [0.25, 0.3) is 0 Å². The number of amides is 2. The number of carbonyl (C=O) groups excluding carboxylic acids is 3. The summed E-state index contributed by atoms with van der Waals surface area (Å²) in [4.78, 5) is 36.6. The molecule has 0 heterocycles. The predicted molar refractivity (Wildman–Crippen MR) is 87.3 cm³/mol. The number of halogens is 1. The van der Waals surface area contributed by atoms with E-state index >= 15 is 0 Å². The van der Waals surface area contributed by atoms with Crippen molar-refractivity contribution < 1.29 is 19.1 Å². The summed E-state index contributed by atoms with van der Waals surface area (Å²) < 4.78 is 4.93. The third kappa shape index (κ3) is 7.15. The average molecular weight is 341 g/mol. The van der Waals surface area contributed by atoms with E-state index in [1.165, 1.54) is 18.0 Å². The zero-order valence-electron chi connectivity index (χ0n) is 13.7. The van der Waals surface area contributed by atoms with Gasteiger partial charge < -0.3 is 15.0 Å². The molecule has 126 valence electrons. The van der Waals surface area contributed by atoms with Crippen LogP contribution in [0.4, 0.5) is 0 Å². The van der Waals surface area contributed by atoms with Gasteiger partial charge >= 0.3 is 5.97 Å². The highest BCUT2D eigenvalue weighted by atomic mass is 35.5. The van der Waals surface area contributed by atoms with E-state index in [9.17, 15) is 14.4 Å². The van der Waals surface area contributed by atoms with E-state index in [4.69, 9.17) is 16.3 Å². The number of esters is 1. The third-order valence-electron chi connectivity index (χ3n) is 2.71. The van der Waals surface area contributed by atoms with Gasteiger partial charge in [-0.05, 0) is 39.0 Å². The second-order valence-corrected chi connectivity index (χ2v) is 6.57. The molecule has 0 aliphatic heterocycles. The molecule has 0 spiro atoms. The van der Waals surface area contributed by atoms with Gasteiger partial charge in [0.1, 0.15) is 0 Å². The van der Waals surface area contributed by atoms with Crippen LogP contribution in [0.2, 0.25) is 5.02 Å². The summed E-state index contributed by atoms with van der Waals surface area (Å²) in [6, 6.07) is 6.24. The van der Waals surface area contributed by atoms with Gasteiger partial charge in [0.05, 0.1) is 12.1 Å². The number of rotatable bonds is 5. The van der Waals surface area contributed by atoms with Gasteiger partial charge in [0.15, 0.2) is 6.61 Å². The molecule has 0 fully saturated rings. The number of hydrogen-bond acceptors (Lipinski definition) is 4. The molecule has 0 radical (unpaired) electrons. The summed E-state index contributed by atoms with van der Waals surface area (Å²) in [6.07, 6.45) is 0. The molecule has 1 N–H and O–H groups in total. The maximum atomic E-state index is 11.9. The van der Waals surface area contributed by atoms with Crippen molar-refractivity contribution >= 4 is 29.4 Å². The molecule has 0 bridgehead atoms. The lowest BCUT2D eigenvalue weighted by Crippen LogP contribution is -2.46. The Balaban J connectivity index is 2.46. The lowest BCUT2D eigenvalue weighted by atomic mass is 10.1. The van der Waals surface area contributed by atoms with Crippen molar-refractivity contribution in [3.8, 4) is 0 Å². The number of hydrogen-bond donors (Lipinski definition) is 1. The fraction of sp³-hybridized carbons (Fsp3) is 0.438. The minimum absolute atomic E-state index is 0.106. The summed E-state index contributed by atoms with van der Waals surface area (Å²) in [5.74, 6) is -1.40. The molecule has 0 saturated carbocycles. The smallest absolute Gasteiger partial charge is 0.338 e. The van der Waals surface area contributed by atoms with Gasteiger partial charge in [-0.15, -0.1) is 0 Å². The molecule has 0 saturated heterocycles. The van der Waals surface area contributed by atoms with Crippen LogP contribution in [0.1, 0.15) is 31.1 Å². The summed E-state index contributed by atoms with van der Waals surface area (Å²) >= 11 is 5.78. The van der Waals surface area contributed by atoms with Crippen molar-refractivity contribution in [2.45, 2.75) is 26.3 Å². The first-order valence-electron chi connectivity index (χ1n) is 7.06. The van der Waals surface area contributed by atoms with Gasteiger partial charge in [0, 0.05) is 17.6 Å². The van der Waals surface area contributed by atoms with Crippen LogP contribution in [0, 0.1) is 0 Å². The van der Waals surface area contributed by atoms with Crippen molar-refractivity contribution in [1.82, 2.24) is 10.2 Å². The lowest BCUT2D eigenvalue weighted by molar-refractivity contribution is -0.137. The molecule has 7 heteroatoms. The molecule has 0 unspecified atom stereocenters. The maximum Gasteiger partial charge on any atom is 0.338 e. The molecule has 23 heavy (non-hydrogen) atoms. The highest BCUT2D eigenvalue weighted by Crippen LogP contribution is 2.11. The van der Waals surface area contributed by atoms with Crippen LogP contribution < -0.4 is 5.32 Å². The number of nitrogens with zero attached hydrogens (tertiary/aromatic N) is 1. The van der Waals surface area contributed by atoms with Crippen LogP contribution >= 0.6 is 11.6 Å². The van der Waals surface area contributed by atoms with Crippen molar-refractivity contribution in [3.05, 3.63) is 34.9 Å². The highest BCUT2D eigenvalue weighted by Gasteiger charge is 2.19. The molecule has 6 nitrogen and oxygen atoms in total. The molecular formula is C16H21ClN2O4. The third-order valence-corrected chi connectivity index (χ3v) is 2.94. The largest absolute Gasteiger partial charge is 0.452 e. The molecular weight excluding hydrogens is 320 g/mol. The molecule has 1 aromatic carbocycles. The number of benzene rings is 1. The van der Waals surface area contributed by atoms with Gasteiger partial charge in [0.2, 0.25) is 5.91 Å². The first-order valence-corrected chi connectivity index (χ1v) is 7.44. The van der Waals surface area contributed by atoms with Crippen LogP contribution in [0.3, 0.4) is 0 Å². The van der Waals surface area contributed by atoms with Crippen molar-refractivity contribution in [1.29, 1.82) is 0 Å². The second kappa shape index (κ2) is 7.97. The molecule has 0 aromatic heterocycles. The Labute approximate surface area is 140 Å². The van der Waals surface area contributed by atoms with E-state index in [1.54, 1.807) is 18.2 Å². The fourth-order valence-electron chi connectivity index (χ4n) is 1.70. The standard InChI is InChI=1S/C16H21ClN2O4/c1-16(2,3)18-13(20)9-19(4)14(21)10-23-15(22)11-6-5-7-12(17)8-11/h5-8H,9-10H2,1-4H3,(H,18,20). The monoisotopic (exact) mass is 340 g/mol. The van der Waals surface area contributed by atoms with Crippen molar-refractivity contribution in [2.24, 2.45) is 0 Å². The van der Waals surface area contributed by atoms with E-state index in [1.807, 2.05) is 20.8 Å². The Morgan fingerprint density at radius 3 is 2.48 bits per heavy atom. The SMILES string of the molecule is CN(CC(=O)NC(C)(C)C)C(=O)COC(=O)c1cccc(Cl)c1. The van der Waals surface area contributed by atoms with Gasteiger partial charge in [-0.25, -0.2) is 4.79 Å². The van der Waals surface area contributed by atoms with Crippen molar-refractivity contribution in [3.63, 3.8) is 0 Å². The zero-order chi connectivity index (χ0) is 17.6. The molecule has 1 rings (SSSR count). The first-order chi connectivity index (χ1) is 10.6. The average Bonchev–Trinajstić information content (AvgIpc) is 2.42. The first kappa shape index (κ1) is 19.0. The maximum absolute atomic E-state index is 11.9. The van der Waals surface area contributed by atoms with Gasteiger partial charge in [-0.2, -0.15) is 0 Å². The Morgan fingerprint density at radius 1 is 1.26 bits per heavy atom. The van der Waals surface area contributed by atoms with Gasteiger partial charge in [-0.1, -0.05) is 17.7 Å². The second-order valence-electron chi connectivity index (χ2n) is 6.13.